The van der Waals surface area contributed by atoms with Gasteiger partial charge in [-0.15, -0.1) is 0 Å². The number of hydrogen-bond acceptors (Lipinski definition) is 4. The van der Waals surface area contributed by atoms with E-state index in [0.717, 1.165) is 12.8 Å². The third-order valence-corrected chi connectivity index (χ3v) is 2.36. The van der Waals surface area contributed by atoms with Crippen LogP contribution in [0.25, 0.3) is 0 Å². The van der Waals surface area contributed by atoms with Gasteiger partial charge in [0.1, 0.15) is 12.0 Å². The van der Waals surface area contributed by atoms with Gasteiger partial charge in [-0.05, 0) is 27.2 Å². The number of esters is 1. The van der Waals surface area contributed by atoms with Gasteiger partial charge in [-0.2, -0.15) is 0 Å². The second kappa shape index (κ2) is 7.39. The number of ketones is 1. The Morgan fingerprint density at radius 3 is 2.31 bits per heavy atom. The molecule has 0 aromatic rings. The van der Waals surface area contributed by atoms with Crippen LogP contribution in [0, 0.1) is 5.41 Å². The Bertz CT molecular complexity index is 233. The summed E-state index contributed by atoms with van der Waals surface area (Å²) in [5.41, 5.74) is -1.11. The van der Waals surface area contributed by atoms with Crippen molar-refractivity contribution < 1.29 is 19.1 Å². The zero-order chi connectivity index (χ0) is 12.6. The quantitative estimate of drug-likeness (QED) is 0.363. The van der Waals surface area contributed by atoms with Crippen LogP contribution in [0.15, 0.2) is 0 Å². The van der Waals surface area contributed by atoms with E-state index in [1.54, 1.807) is 20.8 Å². The topological polar surface area (TPSA) is 52.6 Å². The van der Waals surface area contributed by atoms with Crippen molar-refractivity contribution in [2.45, 2.75) is 40.5 Å². The van der Waals surface area contributed by atoms with Crippen LogP contribution < -0.4 is 0 Å². The molecule has 0 aliphatic heterocycles. The van der Waals surface area contributed by atoms with Gasteiger partial charge in [-0.1, -0.05) is 13.3 Å². The standard InChI is InChI=1S/C12H22O4/c1-5-7-8-15-9-10(13)12(3,4)11(14)16-6-2/h5-9H2,1-4H3. The maximum Gasteiger partial charge on any atom is 0.319 e. The molecule has 0 aliphatic rings. The van der Waals surface area contributed by atoms with E-state index in [0.29, 0.717) is 6.61 Å². The lowest BCUT2D eigenvalue weighted by Crippen LogP contribution is -2.37. The fraction of sp³-hybridized carbons (Fsp3) is 0.833. The molecule has 94 valence electrons. The molecule has 0 radical (unpaired) electrons. The summed E-state index contributed by atoms with van der Waals surface area (Å²) in [7, 11) is 0. The van der Waals surface area contributed by atoms with Crippen LogP contribution in [0.4, 0.5) is 0 Å². The summed E-state index contributed by atoms with van der Waals surface area (Å²) >= 11 is 0. The summed E-state index contributed by atoms with van der Waals surface area (Å²) in [4.78, 5) is 23.2. The summed E-state index contributed by atoms with van der Waals surface area (Å²) in [5.74, 6) is -0.721. The Balaban J connectivity index is 4.08. The van der Waals surface area contributed by atoms with Crippen LogP contribution in [-0.2, 0) is 19.1 Å². The lowest BCUT2D eigenvalue weighted by molar-refractivity contribution is -0.159. The van der Waals surface area contributed by atoms with Crippen LogP contribution >= 0.6 is 0 Å². The van der Waals surface area contributed by atoms with Gasteiger partial charge >= 0.3 is 5.97 Å². The largest absolute Gasteiger partial charge is 0.465 e. The highest BCUT2D eigenvalue weighted by Gasteiger charge is 2.37. The van der Waals surface area contributed by atoms with E-state index < -0.39 is 11.4 Å². The number of carbonyl (C=O) groups is 2. The monoisotopic (exact) mass is 230 g/mol. The van der Waals surface area contributed by atoms with Gasteiger partial charge in [0, 0.05) is 6.61 Å². The van der Waals surface area contributed by atoms with Gasteiger partial charge in [-0.3, -0.25) is 9.59 Å². The van der Waals surface area contributed by atoms with Crippen LogP contribution in [-0.4, -0.2) is 31.6 Å². The van der Waals surface area contributed by atoms with Crippen molar-refractivity contribution in [3.63, 3.8) is 0 Å². The average molecular weight is 230 g/mol. The second-order valence-electron chi connectivity index (χ2n) is 4.17. The van der Waals surface area contributed by atoms with Crippen LogP contribution in [0.5, 0.6) is 0 Å². The molecule has 4 heteroatoms. The van der Waals surface area contributed by atoms with Crippen LogP contribution in [0.3, 0.4) is 0 Å². The first-order valence-electron chi connectivity index (χ1n) is 5.75. The van der Waals surface area contributed by atoms with Crippen molar-refractivity contribution in [1.82, 2.24) is 0 Å². The predicted molar refractivity (Wildman–Crippen MR) is 61.1 cm³/mol. The van der Waals surface area contributed by atoms with Gasteiger partial charge in [0.2, 0.25) is 0 Å². The first kappa shape index (κ1) is 15.1. The smallest absolute Gasteiger partial charge is 0.319 e. The third-order valence-electron chi connectivity index (χ3n) is 2.36. The highest BCUT2D eigenvalue weighted by Crippen LogP contribution is 2.19. The fourth-order valence-corrected chi connectivity index (χ4v) is 1.02. The molecule has 0 N–H and O–H groups in total. The predicted octanol–water partition coefficient (Wildman–Crippen LogP) is 1.96. The molecule has 4 nitrogen and oxygen atoms in total. The van der Waals surface area contributed by atoms with Crippen molar-refractivity contribution in [3.05, 3.63) is 0 Å². The van der Waals surface area contributed by atoms with E-state index in [9.17, 15) is 9.59 Å². The molecule has 0 heterocycles. The minimum atomic E-state index is -1.11. The SMILES string of the molecule is CCCCOCC(=O)C(C)(C)C(=O)OCC. The van der Waals surface area contributed by atoms with E-state index in [-0.39, 0.29) is 19.0 Å². The average Bonchev–Trinajstić information content (AvgIpc) is 2.24. The lowest BCUT2D eigenvalue weighted by atomic mass is 9.88. The number of unbranched alkanes of at least 4 members (excludes halogenated alkanes) is 1. The number of rotatable bonds is 8. The second-order valence-corrected chi connectivity index (χ2v) is 4.17. The highest BCUT2D eigenvalue weighted by atomic mass is 16.5. The van der Waals surface area contributed by atoms with Crippen molar-refractivity contribution >= 4 is 11.8 Å². The van der Waals surface area contributed by atoms with Crippen LogP contribution in [0.2, 0.25) is 0 Å². The van der Waals surface area contributed by atoms with Crippen LogP contribution in [0.1, 0.15) is 40.5 Å². The number of carbonyl (C=O) groups excluding carboxylic acids is 2. The molecule has 0 fully saturated rings. The Morgan fingerprint density at radius 1 is 1.19 bits per heavy atom. The van der Waals surface area contributed by atoms with E-state index >= 15 is 0 Å². The number of Topliss-reactive ketones (excluding diaryl/α,β-unsaturated/α-hetero) is 1. The summed E-state index contributed by atoms with van der Waals surface area (Å²) in [5, 5.41) is 0. The normalized spacial score (nSPS) is 11.2. The van der Waals surface area contributed by atoms with Gasteiger partial charge in [0.25, 0.3) is 0 Å². The Hall–Kier alpha value is -0.900. The first-order chi connectivity index (χ1) is 7.46. The Kier molecular flexibility index (Phi) is 6.97. The van der Waals surface area contributed by atoms with E-state index in [2.05, 4.69) is 0 Å². The minimum absolute atomic E-state index is 0.0220. The molecule has 0 aromatic heterocycles. The van der Waals surface area contributed by atoms with Gasteiger partial charge < -0.3 is 9.47 Å². The molecule has 0 rings (SSSR count). The maximum atomic E-state index is 11.7. The van der Waals surface area contributed by atoms with Crippen molar-refractivity contribution in [2.24, 2.45) is 5.41 Å². The van der Waals surface area contributed by atoms with E-state index in [1.807, 2.05) is 6.92 Å². The molecule has 0 saturated carbocycles. The third kappa shape index (κ3) is 4.75. The van der Waals surface area contributed by atoms with E-state index in [4.69, 9.17) is 9.47 Å². The van der Waals surface area contributed by atoms with Crippen molar-refractivity contribution in [2.75, 3.05) is 19.8 Å². The summed E-state index contributed by atoms with van der Waals surface area (Å²) < 4.78 is 10.0. The highest BCUT2D eigenvalue weighted by molar-refractivity contribution is 6.03. The number of ether oxygens (including phenoxy) is 2. The lowest BCUT2D eigenvalue weighted by Gasteiger charge is -2.20. The maximum absolute atomic E-state index is 11.7. The molecule has 0 aliphatic carbocycles. The molecular weight excluding hydrogens is 208 g/mol. The molecule has 0 bridgehead atoms. The van der Waals surface area contributed by atoms with Crippen molar-refractivity contribution in [1.29, 1.82) is 0 Å². The Labute approximate surface area is 97.3 Å². The minimum Gasteiger partial charge on any atom is -0.465 e. The van der Waals surface area contributed by atoms with Gasteiger partial charge in [0.15, 0.2) is 5.78 Å². The fourth-order valence-electron chi connectivity index (χ4n) is 1.02. The molecule has 16 heavy (non-hydrogen) atoms. The molecule has 0 aromatic carbocycles. The van der Waals surface area contributed by atoms with Gasteiger partial charge in [0.05, 0.1) is 6.61 Å². The molecule has 0 saturated heterocycles. The zero-order valence-corrected chi connectivity index (χ0v) is 10.7. The van der Waals surface area contributed by atoms with Crippen molar-refractivity contribution in [3.8, 4) is 0 Å². The summed E-state index contributed by atoms with van der Waals surface area (Å²) in [6, 6.07) is 0. The zero-order valence-electron chi connectivity index (χ0n) is 10.7. The molecule has 0 amide bonds. The first-order valence-corrected chi connectivity index (χ1v) is 5.75. The number of hydrogen-bond donors (Lipinski definition) is 0. The van der Waals surface area contributed by atoms with E-state index in [1.165, 1.54) is 0 Å². The summed E-state index contributed by atoms with van der Waals surface area (Å²) in [6.45, 7) is 7.72. The molecule has 0 unspecified atom stereocenters. The molecule has 0 spiro atoms. The summed E-state index contributed by atoms with van der Waals surface area (Å²) in [6.07, 6.45) is 1.95. The van der Waals surface area contributed by atoms with Gasteiger partial charge in [-0.25, -0.2) is 0 Å². The molecule has 0 atom stereocenters. The molecular formula is C12H22O4. The Morgan fingerprint density at radius 2 is 1.81 bits per heavy atom.